The molecule has 0 aliphatic rings. The Morgan fingerprint density at radius 3 is 2.52 bits per heavy atom. The molecule has 114 valence electrons. The largest absolute Gasteiger partial charge is 0.508 e. The number of aromatic hydroxyl groups is 1. The summed E-state index contributed by atoms with van der Waals surface area (Å²) in [4.78, 5) is 0. The molecule has 3 heteroatoms. The van der Waals surface area contributed by atoms with E-state index in [1.807, 2.05) is 38.4 Å². The third-order valence-electron chi connectivity index (χ3n) is 4.62. The molecule has 0 bridgehead atoms. The molecule has 2 heterocycles. The summed E-state index contributed by atoms with van der Waals surface area (Å²) in [7, 11) is 2.04. The summed E-state index contributed by atoms with van der Waals surface area (Å²) in [5.41, 5.74) is 4.23. The zero-order chi connectivity index (χ0) is 16.1. The fourth-order valence-electron chi connectivity index (χ4n) is 3.49. The Bertz CT molecular complexity index is 1060. The van der Waals surface area contributed by atoms with E-state index in [4.69, 9.17) is 0 Å². The van der Waals surface area contributed by atoms with E-state index in [2.05, 4.69) is 46.4 Å². The van der Waals surface area contributed by atoms with E-state index >= 15 is 0 Å². The van der Waals surface area contributed by atoms with Crippen LogP contribution >= 0.6 is 0 Å². The maximum absolute atomic E-state index is 10.3. The van der Waals surface area contributed by atoms with E-state index in [-0.39, 0.29) is 0 Å². The van der Waals surface area contributed by atoms with Crippen LogP contribution in [-0.2, 0) is 7.05 Å². The smallest absolute Gasteiger partial charge is 0.286 e. The van der Waals surface area contributed by atoms with E-state index in [0.29, 0.717) is 5.75 Å². The van der Waals surface area contributed by atoms with E-state index in [1.54, 1.807) is 0 Å². The molecule has 0 atom stereocenters. The lowest BCUT2D eigenvalue weighted by Crippen LogP contribution is -2.33. The fraction of sp³-hybridized carbons (Fsp3) is 0.150. The van der Waals surface area contributed by atoms with E-state index in [9.17, 15) is 5.11 Å². The molecule has 0 fully saturated rings. The van der Waals surface area contributed by atoms with Gasteiger partial charge in [0.2, 0.25) is 0 Å². The second-order valence-corrected chi connectivity index (χ2v) is 6.08. The predicted octanol–water partition coefficient (Wildman–Crippen LogP) is 3.93. The number of phenolic OH excluding ortho intramolecular Hbond substituents is 1. The number of fused-ring (bicyclic) bond motifs is 3. The second kappa shape index (κ2) is 4.85. The standard InChI is InChI=1S/C20H18N2O/c1-13-12-17(23)14(2)20-19(13)15-8-4-5-9-16(15)22(20)18-10-6-7-11-21(18)3/h4-12H,1-3H3/p+1. The highest BCUT2D eigenvalue weighted by molar-refractivity contribution is 6.12. The maximum atomic E-state index is 10.3. The number of hydrogen-bond donors (Lipinski definition) is 1. The molecule has 2 aromatic heterocycles. The molecule has 0 saturated heterocycles. The Hall–Kier alpha value is -2.81. The van der Waals surface area contributed by atoms with Gasteiger partial charge in [0.25, 0.3) is 5.82 Å². The van der Waals surface area contributed by atoms with Gasteiger partial charge < -0.3 is 5.11 Å². The van der Waals surface area contributed by atoms with Gasteiger partial charge in [0.15, 0.2) is 0 Å². The van der Waals surface area contributed by atoms with Crippen LogP contribution in [0.15, 0.2) is 54.7 Å². The van der Waals surface area contributed by atoms with Crippen LogP contribution in [0.4, 0.5) is 0 Å². The lowest BCUT2D eigenvalue weighted by atomic mass is 10.0. The minimum atomic E-state index is 0.345. The Labute approximate surface area is 135 Å². The third-order valence-corrected chi connectivity index (χ3v) is 4.62. The van der Waals surface area contributed by atoms with Crippen LogP contribution in [-0.4, -0.2) is 9.67 Å². The third kappa shape index (κ3) is 1.86. The number of pyridine rings is 1. The number of nitrogens with zero attached hydrogens (tertiary/aromatic N) is 2. The van der Waals surface area contributed by atoms with Gasteiger partial charge in [0.1, 0.15) is 16.8 Å². The first-order valence-electron chi connectivity index (χ1n) is 7.77. The Kier molecular flexibility index (Phi) is 2.91. The van der Waals surface area contributed by atoms with Crippen LogP contribution < -0.4 is 4.57 Å². The van der Waals surface area contributed by atoms with Crippen LogP contribution in [0.2, 0.25) is 0 Å². The van der Waals surface area contributed by atoms with Gasteiger partial charge in [0.05, 0.1) is 13.2 Å². The summed E-state index contributed by atoms with van der Waals surface area (Å²) < 4.78 is 4.34. The molecule has 4 aromatic rings. The van der Waals surface area contributed by atoms with Crippen LogP contribution in [0.3, 0.4) is 0 Å². The van der Waals surface area contributed by atoms with Gasteiger partial charge in [-0.25, -0.2) is 4.57 Å². The first-order chi connectivity index (χ1) is 11.1. The zero-order valence-corrected chi connectivity index (χ0v) is 13.5. The van der Waals surface area contributed by atoms with Crippen LogP contribution in [0.1, 0.15) is 11.1 Å². The van der Waals surface area contributed by atoms with Gasteiger partial charge in [-0.05, 0) is 43.7 Å². The molecule has 0 unspecified atom stereocenters. The Morgan fingerprint density at radius 2 is 1.74 bits per heavy atom. The number of benzene rings is 2. The zero-order valence-electron chi connectivity index (χ0n) is 13.5. The molecule has 0 saturated carbocycles. The summed E-state index contributed by atoms with van der Waals surface area (Å²) in [5, 5.41) is 12.8. The van der Waals surface area contributed by atoms with Crippen LogP contribution in [0.25, 0.3) is 27.6 Å². The van der Waals surface area contributed by atoms with Crippen molar-refractivity contribution in [2.75, 3.05) is 0 Å². The number of aryl methyl sites for hydroxylation is 3. The van der Waals surface area contributed by atoms with Crippen LogP contribution in [0.5, 0.6) is 5.75 Å². The molecule has 0 aliphatic carbocycles. The maximum Gasteiger partial charge on any atom is 0.286 e. The molecule has 1 N–H and O–H groups in total. The Balaban J connectivity index is 2.33. The summed E-state index contributed by atoms with van der Waals surface area (Å²) in [6, 6.07) is 16.4. The molecule has 0 radical (unpaired) electrons. The van der Waals surface area contributed by atoms with Crippen molar-refractivity contribution in [2.45, 2.75) is 13.8 Å². The van der Waals surface area contributed by atoms with E-state index < -0.39 is 0 Å². The molecular weight excluding hydrogens is 284 g/mol. The van der Waals surface area contributed by atoms with Crippen molar-refractivity contribution < 1.29 is 9.67 Å². The van der Waals surface area contributed by atoms with E-state index in [0.717, 1.165) is 28.0 Å². The topological polar surface area (TPSA) is 29.0 Å². The summed E-state index contributed by atoms with van der Waals surface area (Å²) in [6.07, 6.45) is 2.04. The highest BCUT2D eigenvalue weighted by atomic mass is 16.3. The number of para-hydroxylation sites is 1. The molecule has 0 aliphatic heterocycles. The molecule has 2 aromatic carbocycles. The summed E-state index contributed by atoms with van der Waals surface area (Å²) >= 11 is 0. The highest BCUT2D eigenvalue weighted by Gasteiger charge is 2.24. The quantitative estimate of drug-likeness (QED) is 0.530. The first-order valence-corrected chi connectivity index (χ1v) is 7.77. The SMILES string of the molecule is Cc1cc(O)c(C)c2c1c1ccccc1n2-c1cccc[n+]1C. The van der Waals surface area contributed by atoms with Crippen molar-refractivity contribution in [3.63, 3.8) is 0 Å². The van der Waals surface area contributed by atoms with Crippen LogP contribution in [0, 0.1) is 13.8 Å². The lowest BCUT2D eigenvalue weighted by molar-refractivity contribution is -0.665. The van der Waals surface area contributed by atoms with Gasteiger partial charge in [-0.3, -0.25) is 0 Å². The average molecular weight is 303 g/mol. The minimum absolute atomic E-state index is 0.345. The highest BCUT2D eigenvalue weighted by Crippen LogP contribution is 2.38. The number of aromatic nitrogens is 2. The van der Waals surface area contributed by atoms with Gasteiger partial charge >= 0.3 is 0 Å². The van der Waals surface area contributed by atoms with E-state index in [1.165, 1.54) is 10.8 Å². The lowest BCUT2D eigenvalue weighted by Gasteiger charge is -2.07. The summed E-state index contributed by atoms with van der Waals surface area (Å²) in [6.45, 7) is 4.04. The predicted molar refractivity (Wildman–Crippen MR) is 93.1 cm³/mol. The number of phenols is 1. The van der Waals surface area contributed by atoms with Crippen molar-refractivity contribution in [1.82, 2.24) is 4.57 Å². The molecule has 4 rings (SSSR count). The molecule has 3 nitrogen and oxygen atoms in total. The number of rotatable bonds is 1. The molecule has 23 heavy (non-hydrogen) atoms. The second-order valence-electron chi connectivity index (χ2n) is 6.08. The minimum Gasteiger partial charge on any atom is -0.508 e. The average Bonchev–Trinajstić information content (AvgIpc) is 2.89. The van der Waals surface area contributed by atoms with Gasteiger partial charge in [-0.15, -0.1) is 0 Å². The Morgan fingerprint density at radius 1 is 1.00 bits per heavy atom. The fourth-order valence-corrected chi connectivity index (χ4v) is 3.49. The molecule has 0 spiro atoms. The number of hydrogen-bond acceptors (Lipinski definition) is 1. The van der Waals surface area contributed by atoms with Gasteiger partial charge in [-0.2, -0.15) is 4.57 Å². The van der Waals surface area contributed by atoms with Crippen molar-refractivity contribution in [1.29, 1.82) is 0 Å². The molecule has 0 amide bonds. The van der Waals surface area contributed by atoms with Crippen molar-refractivity contribution in [3.8, 4) is 11.6 Å². The van der Waals surface area contributed by atoms with Gasteiger partial charge in [0, 0.05) is 22.4 Å². The van der Waals surface area contributed by atoms with Crippen molar-refractivity contribution in [2.24, 2.45) is 7.05 Å². The first kappa shape index (κ1) is 13.8. The monoisotopic (exact) mass is 303 g/mol. The van der Waals surface area contributed by atoms with Gasteiger partial charge in [-0.1, -0.05) is 18.2 Å². The van der Waals surface area contributed by atoms with Crippen molar-refractivity contribution in [3.05, 3.63) is 65.9 Å². The molecular formula is C20H19N2O+. The normalized spacial score (nSPS) is 11.4. The summed E-state index contributed by atoms with van der Waals surface area (Å²) in [5.74, 6) is 1.42. The van der Waals surface area contributed by atoms with Crippen molar-refractivity contribution >= 4 is 21.8 Å².